The van der Waals surface area contributed by atoms with Gasteiger partial charge in [-0.15, -0.1) is 0 Å². The van der Waals surface area contributed by atoms with Gasteiger partial charge in [-0.1, -0.05) is 0 Å². The maximum Gasteiger partial charge on any atom is 0.140 e. The van der Waals surface area contributed by atoms with Crippen molar-refractivity contribution in [2.24, 2.45) is 7.05 Å². The summed E-state index contributed by atoms with van der Waals surface area (Å²) in [6.45, 7) is 2.68. The summed E-state index contributed by atoms with van der Waals surface area (Å²) in [5.41, 5.74) is 3.49. The van der Waals surface area contributed by atoms with E-state index in [2.05, 4.69) is 15.4 Å². The Labute approximate surface area is 99.7 Å². The maximum atomic E-state index is 8.63. The number of hydrogen-bond acceptors (Lipinski definition) is 4. The van der Waals surface area contributed by atoms with Crippen LogP contribution in [0.25, 0.3) is 0 Å². The summed E-state index contributed by atoms with van der Waals surface area (Å²) < 4.78 is 1.80. The third-order valence-electron chi connectivity index (χ3n) is 2.48. The maximum absolute atomic E-state index is 8.63. The van der Waals surface area contributed by atoms with E-state index in [9.17, 15) is 0 Å². The van der Waals surface area contributed by atoms with Crippen molar-refractivity contribution in [1.29, 1.82) is 5.26 Å². The van der Waals surface area contributed by atoms with Crippen molar-refractivity contribution in [1.82, 2.24) is 14.8 Å². The van der Waals surface area contributed by atoms with Crippen molar-refractivity contribution in [3.05, 3.63) is 41.5 Å². The molecule has 2 rings (SSSR count). The van der Waals surface area contributed by atoms with Crippen LogP contribution < -0.4 is 5.32 Å². The number of hydrogen-bond donors (Lipinski definition) is 1. The van der Waals surface area contributed by atoms with Crippen LogP contribution in [0, 0.1) is 18.3 Å². The number of anilines is 1. The lowest BCUT2D eigenvalue weighted by atomic mass is 10.2. The number of nitrogens with one attached hydrogen (secondary N) is 1. The highest BCUT2D eigenvalue weighted by Crippen LogP contribution is 2.10. The molecule has 0 aliphatic carbocycles. The van der Waals surface area contributed by atoms with Gasteiger partial charge in [0.15, 0.2) is 0 Å². The number of aryl methyl sites for hydroxylation is 2. The summed E-state index contributed by atoms with van der Waals surface area (Å²) in [4.78, 5) is 3.99. The summed E-state index contributed by atoms with van der Waals surface area (Å²) in [5.74, 6) is 0. The molecule has 0 aliphatic heterocycles. The fraction of sp³-hybridized carbons (Fsp3) is 0.250. The lowest BCUT2D eigenvalue weighted by molar-refractivity contribution is 0.756. The van der Waals surface area contributed by atoms with Crippen LogP contribution in [0.5, 0.6) is 0 Å². The van der Waals surface area contributed by atoms with Gasteiger partial charge in [-0.25, -0.2) is 4.98 Å². The zero-order valence-electron chi connectivity index (χ0n) is 9.81. The van der Waals surface area contributed by atoms with Crippen LogP contribution in [0.3, 0.4) is 0 Å². The topological polar surface area (TPSA) is 66.5 Å². The van der Waals surface area contributed by atoms with Gasteiger partial charge in [0.25, 0.3) is 0 Å². The van der Waals surface area contributed by atoms with Crippen molar-refractivity contribution in [2.45, 2.75) is 13.5 Å². The Bertz CT molecular complexity index is 547. The molecule has 0 aliphatic rings. The van der Waals surface area contributed by atoms with Gasteiger partial charge in [-0.05, 0) is 19.1 Å². The first kappa shape index (κ1) is 11.1. The van der Waals surface area contributed by atoms with Crippen LogP contribution >= 0.6 is 0 Å². The second-order valence-corrected chi connectivity index (χ2v) is 3.81. The van der Waals surface area contributed by atoms with E-state index in [0.29, 0.717) is 12.2 Å². The molecular formula is C12H13N5. The Kier molecular flexibility index (Phi) is 3.06. The highest BCUT2D eigenvalue weighted by Gasteiger charge is 2.02. The zero-order valence-corrected chi connectivity index (χ0v) is 9.81. The molecule has 0 spiro atoms. The third-order valence-corrected chi connectivity index (χ3v) is 2.48. The molecule has 0 fully saturated rings. The van der Waals surface area contributed by atoms with Crippen LogP contribution in [-0.2, 0) is 13.6 Å². The molecule has 0 unspecified atom stereocenters. The summed E-state index contributed by atoms with van der Waals surface area (Å²) >= 11 is 0. The van der Waals surface area contributed by atoms with E-state index in [1.807, 2.05) is 32.3 Å². The smallest absolute Gasteiger partial charge is 0.140 e. The first-order valence-electron chi connectivity index (χ1n) is 5.28. The molecule has 17 heavy (non-hydrogen) atoms. The van der Waals surface area contributed by atoms with Gasteiger partial charge in [-0.3, -0.25) is 4.68 Å². The number of nitrogens with zero attached hydrogens (tertiary/aromatic N) is 4. The molecular weight excluding hydrogens is 214 g/mol. The number of pyridine rings is 1. The molecule has 86 valence electrons. The van der Waals surface area contributed by atoms with Crippen LogP contribution in [0.15, 0.2) is 24.5 Å². The summed E-state index contributed by atoms with van der Waals surface area (Å²) in [6, 6.07) is 5.53. The van der Waals surface area contributed by atoms with Gasteiger partial charge in [0, 0.05) is 25.4 Å². The Morgan fingerprint density at radius 2 is 2.29 bits per heavy atom. The normalized spacial score (nSPS) is 9.94. The molecule has 2 aromatic heterocycles. The average molecular weight is 227 g/mol. The second-order valence-electron chi connectivity index (χ2n) is 3.81. The standard InChI is InChI=1S/C12H13N5/c1-9-10(8-17(2)16-9)6-14-12-4-3-11(5-13)15-7-12/h3-4,7-8,14H,6H2,1-2H3. The Balaban J connectivity index is 2.02. The largest absolute Gasteiger partial charge is 0.380 e. The highest BCUT2D eigenvalue weighted by atomic mass is 15.2. The van der Waals surface area contributed by atoms with Gasteiger partial charge in [0.2, 0.25) is 0 Å². The number of nitriles is 1. The Morgan fingerprint density at radius 1 is 1.47 bits per heavy atom. The van der Waals surface area contributed by atoms with Crippen LogP contribution in [0.4, 0.5) is 5.69 Å². The van der Waals surface area contributed by atoms with Gasteiger partial charge in [0.05, 0.1) is 17.6 Å². The van der Waals surface area contributed by atoms with E-state index in [1.54, 1.807) is 16.9 Å². The molecule has 0 bridgehead atoms. The zero-order chi connectivity index (χ0) is 12.3. The molecule has 1 N–H and O–H groups in total. The van der Waals surface area contributed by atoms with Gasteiger partial charge in [0.1, 0.15) is 11.8 Å². The van der Waals surface area contributed by atoms with E-state index >= 15 is 0 Å². The minimum Gasteiger partial charge on any atom is -0.380 e. The first-order valence-corrected chi connectivity index (χ1v) is 5.28. The van der Waals surface area contributed by atoms with Gasteiger partial charge >= 0.3 is 0 Å². The second kappa shape index (κ2) is 4.66. The van der Waals surface area contributed by atoms with E-state index in [-0.39, 0.29) is 0 Å². The van der Waals surface area contributed by atoms with Crippen molar-refractivity contribution < 1.29 is 0 Å². The van der Waals surface area contributed by atoms with E-state index in [1.165, 1.54) is 0 Å². The highest BCUT2D eigenvalue weighted by molar-refractivity contribution is 5.43. The third kappa shape index (κ3) is 2.61. The molecule has 0 saturated heterocycles. The van der Waals surface area contributed by atoms with Gasteiger partial charge < -0.3 is 5.32 Å². The fourth-order valence-electron chi connectivity index (χ4n) is 1.58. The van der Waals surface area contributed by atoms with Crippen LogP contribution in [0.2, 0.25) is 0 Å². The minimum absolute atomic E-state index is 0.424. The Morgan fingerprint density at radius 3 is 2.82 bits per heavy atom. The van der Waals surface area contributed by atoms with Crippen molar-refractivity contribution in [3.8, 4) is 6.07 Å². The van der Waals surface area contributed by atoms with E-state index < -0.39 is 0 Å². The van der Waals surface area contributed by atoms with Crippen molar-refractivity contribution in [2.75, 3.05) is 5.32 Å². The first-order chi connectivity index (χ1) is 8.19. The molecule has 0 radical (unpaired) electrons. The van der Waals surface area contributed by atoms with Crippen LogP contribution in [0.1, 0.15) is 17.0 Å². The molecule has 0 amide bonds. The van der Waals surface area contributed by atoms with Crippen molar-refractivity contribution in [3.63, 3.8) is 0 Å². The molecule has 0 atom stereocenters. The van der Waals surface area contributed by atoms with E-state index in [0.717, 1.165) is 16.9 Å². The predicted molar refractivity (Wildman–Crippen MR) is 64.2 cm³/mol. The summed E-state index contributed by atoms with van der Waals surface area (Å²) in [7, 11) is 1.90. The molecule has 0 saturated carbocycles. The molecule has 2 aromatic rings. The van der Waals surface area contributed by atoms with Gasteiger partial charge in [-0.2, -0.15) is 10.4 Å². The minimum atomic E-state index is 0.424. The average Bonchev–Trinajstić information content (AvgIpc) is 2.66. The molecule has 5 nitrogen and oxygen atoms in total. The van der Waals surface area contributed by atoms with Crippen molar-refractivity contribution >= 4 is 5.69 Å². The monoisotopic (exact) mass is 227 g/mol. The fourth-order valence-corrected chi connectivity index (χ4v) is 1.58. The lowest BCUT2D eigenvalue weighted by Gasteiger charge is -2.04. The summed E-state index contributed by atoms with van der Waals surface area (Å²) in [5, 5.41) is 16.1. The van der Waals surface area contributed by atoms with E-state index in [4.69, 9.17) is 5.26 Å². The lowest BCUT2D eigenvalue weighted by Crippen LogP contribution is -2.00. The number of aromatic nitrogens is 3. The summed E-state index contributed by atoms with van der Waals surface area (Å²) in [6.07, 6.45) is 3.64. The Hall–Kier alpha value is -2.35. The predicted octanol–water partition coefficient (Wildman–Crippen LogP) is 1.61. The molecule has 5 heteroatoms. The quantitative estimate of drug-likeness (QED) is 0.865. The molecule has 0 aromatic carbocycles. The molecule has 2 heterocycles. The SMILES string of the molecule is Cc1nn(C)cc1CNc1ccc(C#N)nc1. The number of rotatable bonds is 3. The van der Waals surface area contributed by atoms with Crippen LogP contribution in [-0.4, -0.2) is 14.8 Å².